The number of hydrogen-bond acceptors (Lipinski definition) is 3. The quantitative estimate of drug-likeness (QED) is 0.582. The molecule has 1 heterocycles. The number of ether oxygens (including phenoxy) is 1. The van der Waals surface area contributed by atoms with Gasteiger partial charge in [0.15, 0.2) is 0 Å². The smallest absolute Gasteiger partial charge is 0.134 e. The van der Waals surface area contributed by atoms with Crippen LogP contribution in [-0.2, 0) is 17.9 Å². The van der Waals surface area contributed by atoms with Gasteiger partial charge in [0.1, 0.15) is 11.3 Å². The minimum absolute atomic E-state index is 0.588. The van der Waals surface area contributed by atoms with Crippen LogP contribution in [0.2, 0.25) is 0 Å². The van der Waals surface area contributed by atoms with E-state index in [-0.39, 0.29) is 0 Å². The molecule has 0 fully saturated rings. The van der Waals surface area contributed by atoms with Gasteiger partial charge < -0.3 is 14.5 Å². The Balaban J connectivity index is 2.12. The lowest BCUT2D eigenvalue weighted by molar-refractivity contribution is 0.123. The van der Waals surface area contributed by atoms with Gasteiger partial charge >= 0.3 is 0 Å². The average Bonchev–Trinajstić information content (AvgIpc) is 2.79. The molecule has 3 nitrogen and oxygen atoms in total. The summed E-state index contributed by atoms with van der Waals surface area (Å²) in [5, 5.41) is 4.46. The van der Waals surface area contributed by atoms with Crippen molar-refractivity contribution < 1.29 is 9.15 Å². The molecular formula is C17H23NO2. The van der Waals surface area contributed by atoms with E-state index in [2.05, 4.69) is 24.9 Å². The first-order chi connectivity index (χ1) is 9.72. The summed E-state index contributed by atoms with van der Waals surface area (Å²) in [6, 6.07) is 8.12. The molecular weight excluding hydrogens is 250 g/mol. The largest absolute Gasteiger partial charge is 0.459 e. The molecule has 0 unspecified atom stereocenters. The van der Waals surface area contributed by atoms with Crippen molar-refractivity contribution in [3.05, 3.63) is 47.7 Å². The van der Waals surface area contributed by atoms with Gasteiger partial charge in [-0.1, -0.05) is 30.7 Å². The van der Waals surface area contributed by atoms with Crippen LogP contribution in [0, 0.1) is 0 Å². The van der Waals surface area contributed by atoms with E-state index in [1.54, 1.807) is 0 Å². The van der Waals surface area contributed by atoms with Crippen LogP contribution < -0.4 is 5.32 Å². The summed E-state index contributed by atoms with van der Waals surface area (Å²) in [6.45, 7) is 11.0. The molecule has 0 amide bonds. The van der Waals surface area contributed by atoms with Crippen LogP contribution >= 0.6 is 0 Å². The number of rotatable bonds is 8. The van der Waals surface area contributed by atoms with E-state index >= 15 is 0 Å². The van der Waals surface area contributed by atoms with Gasteiger partial charge in [-0.05, 0) is 26.0 Å². The summed E-state index contributed by atoms with van der Waals surface area (Å²) >= 11 is 0. The lowest BCUT2D eigenvalue weighted by atomic mass is 10.1. The van der Waals surface area contributed by atoms with Crippen molar-refractivity contribution >= 4 is 11.0 Å². The highest BCUT2D eigenvalue weighted by Crippen LogP contribution is 2.26. The second kappa shape index (κ2) is 7.27. The van der Waals surface area contributed by atoms with E-state index < -0.39 is 0 Å². The standard InChI is InChI=1S/C17H23NO2/c1-4-18-11-17-15(12-19-10-9-13(2)3)14-7-5-6-8-16(14)20-17/h5-8,18H,2,4,9-12H2,1,3H3. The Hall–Kier alpha value is -1.58. The van der Waals surface area contributed by atoms with E-state index in [4.69, 9.17) is 9.15 Å². The molecule has 2 rings (SSSR count). The van der Waals surface area contributed by atoms with E-state index in [0.29, 0.717) is 13.2 Å². The second-order valence-corrected chi connectivity index (χ2v) is 5.04. The molecule has 0 aliphatic rings. The van der Waals surface area contributed by atoms with Crippen molar-refractivity contribution in [2.75, 3.05) is 13.2 Å². The van der Waals surface area contributed by atoms with Crippen LogP contribution in [0.3, 0.4) is 0 Å². The summed E-state index contributed by atoms with van der Waals surface area (Å²) in [4.78, 5) is 0. The van der Waals surface area contributed by atoms with Gasteiger partial charge in [0.05, 0.1) is 19.8 Å². The van der Waals surface area contributed by atoms with Gasteiger partial charge in [-0.2, -0.15) is 0 Å². The Bertz CT molecular complexity index is 571. The lowest BCUT2D eigenvalue weighted by Gasteiger charge is -2.06. The van der Waals surface area contributed by atoms with Crippen LogP contribution in [0.1, 0.15) is 31.6 Å². The van der Waals surface area contributed by atoms with Crippen LogP contribution in [0.5, 0.6) is 0 Å². The number of nitrogens with one attached hydrogen (secondary N) is 1. The highest BCUT2D eigenvalue weighted by Gasteiger charge is 2.13. The van der Waals surface area contributed by atoms with Crippen LogP contribution in [0.4, 0.5) is 0 Å². The lowest BCUT2D eigenvalue weighted by Crippen LogP contribution is -2.12. The maximum absolute atomic E-state index is 5.92. The third-order valence-corrected chi connectivity index (χ3v) is 3.24. The third-order valence-electron chi connectivity index (χ3n) is 3.24. The molecule has 0 saturated carbocycles. The molecule has 0 aliphatic carbocycles. The van der Waals surface area contributed by atoms with E-state index in [1.165, 1.54) is 0 Å². The first-order valence-corrected chi connectivity index (χ1v) is 7.14. The Kier molecular flexibility index (Phi) is 5.39. The predicted molar refractivity (Wildman–Crippen MR) is 82.7 cm³/mol. The summed E-state index contributed by atoms with van der Waals surface area (Å²) in [6.07, 6.45) is 0.901. The van der Waals surface area contributed by atoms with Gasteiger partial charge in [0.25, 0.3) is 0 Å². The molecule has 3 heteroatoms. The van der Waals surface area contributed by atoms with E-state index in [1.807, 2.05) is 25.1 Å². The Morgan fingerprint density at radius 2 is 2.15 bits per heavy atom. The topological polar surface area (TPSA) is 34.4 Å². The first kappa shape index (κ1) is 14.8. The summed E-state index contributed by atoms with van der Waals surface area (Å²) < 4.78 is 11.7. The zero-order chi connectivity index (χ0) is 14.4. The normalized spacial score (nSPS) is 11.1. The summed E-state index contributed by atoms with van der Waals surface area (Å²) in [5.74, 6) is 0.975. The molecule has 0 atom stereocenters. The zero-order valence-electron chi connectivity index (χ0n) is 12.4. The fraction of sp³-hybridized carbons (Fsp3) is 0.412. The fourth-order valence-corrected chi connectivity index (χ4v) is 2.11. The zero-order valence-corrected chi connectivity index (χ0v) is 12.4. The SMILES string of the molecule is C=C(C)CCOCc1c(CNCC)oc2ccccc12. The first-order valence-electron chi connectivity index (χ1n) is 7.14. The second-order valence-electron chi connectivity index (χ2n) is 5.04. The molecule has 0 saturated heterocycles. The minimum atomic E-state index is 0.588. The summed E-state index contributed by atoms with van der Waals surface area (Å²) in [5.41, 5.74) is 3.23. The number of fused-ring (bicyclic) bond motifs is 1. The molecule has 0 radical (unpaired) electrons. The number of benzene rings is 1. The maximum Gasteiger partial charge on any atom is 0.134 e. The molecule has 0 spiro atoms. The summed E-state index contributed by atoms with van der Waals surface area (Å²) in [7, 11) is 0. The van der Waals surface area contributed by atoms with Gasteiger partial charge in [0.2, 0.25) is 0 Å². The molecule has 1 aromatic heterocycles. The third kappa shape index (κ3) is 3.71. The average molecular weight is 273 g/mol. The highest BCUT2D eigenvalue weighted by atomic mass is 16.5. The Morgan fingerprint density at radius 3 is 2.90 bits per heavy atom. The molecule has 0 aliphatic heterocycles. The monoisotopic (exact) mass is 273 g/mol. The molecule has 1 N–H and O–H groups in total. The van der Waals surface area contributed by atoms with Crippen molar-refractivity contribution in [2.24, 2.45) is 0 Å². The van der Waals surface area contributed by atoms with E-state index in [0.717, 1.165) is 47.4 Å². The van der Waals surface area contributed by atoms with E-state index in [9.17, 15) is 0 Å². The van der Waals surface area contributed by atoms with Gasteiger partial charge in [-0.3, -0.25) is 0 Å². The molecule has 1 aromatic carbocycles. The van der Waals surface area contributed by atoms with Crippen molar-refractivity contribution in [3.8, 4) is 0 Å². The predicted octanol–water partition coefficient (Wildman–Crippen LogP) is 4.03. The van der Waals surface area contributed by atoms with Crippen molar-refractivity contribution in [1.82, 2.24) is 5.32 Å². The van der Waals surface area contributed by atoms with Crippen molar-refractivity contribution in [3.63, 3.8) is 0 Å². The Morgan fingerprint density at radius 1 is 1.35 bits per heavy atom. The van der Waals surface area contributed by atoms with Crippen LogP contribution in [-0.4, -0.2) is 13.2 Å². The van der Waals surface area contributed by atoms with Crippen LogP contribution in [0.15, 0.2) is 40.8 Å². The van der Waals surface area contributed by atoms with Crippen molar-refractivity contribution in [1.29, 1.82) is 0 Å². The van der Waals surface area contributed by atoms with Crippen molar-refractivity contribution in [2.45, 2.75) is 33.4 Å². The molecule has 108 valence electrons. The highest BCUT2D eigenvalue weighted by molar-refractivity contribution is 5.82. The number of hydrogen-bond donors (Lipinski definition) is 1. The van der Waals surface area contributed by atoms with Gasteiger partial charge in [0, 0.05) is 10.9 Å². The molecule has 0 bridgehead atoms. The number of furan rings is 1. The minimum Gasteiger partial charge on any atom is -0.459 e. The molecule has 2 aromatic rings. The number of para-hydroxylation sites is 1. The fourth-order valence-electron chi connectivity index (χ4n) is 2.11. The maximum atomic E-state index is 5.92. The van der Waals surface area contributed by atoms with Gasteiger partial charge in [-0.15, -0.1) is 6.58 Å². The molecule has 20 heavy (non-hydrogen) atoms. The van der Waals surface area contributed by atoms with Crippen LogP contribution in [0.25, 0.3) is 11.0 Å². The Labute approximate surface area is 120 Å². The van der Waals surface area contributed by atoms with Gasteiger partial charge in [-0.25, -0.2) is 0 Å².